The van der Waals surface area contributed by atoms with E-state index >= 15 is 0 Å². The third-order valence-corrected chi connectivity index (χ3v) is 2.64. The molecule has 0 spiro atoms. The fraction of sp³-hybridized carbons (Fsp3) is 0.167. The number of rotatable bonds is 4. The Morgan fingerprint density at radius 3 is 2.37 bits per heavy atom. The second-order valence-electron chi connectivity index (χ2n) is 3.77. The first-order valence-corrected chi connectivity index (χ1v) is 5.68. The van der Waals surface area contributed by atoms with Gasteiger partial charge in [0.25, 0.3) is 0 Å². The summed E-state index contributed by atoms with van der Waals surface area (Å²) in [6.07, 6.45) is 1.81. The number of hydrazine groups is 1. The minimum Gasteiger partial charge on any atom is -0.335 e. The van der Waals surface area contributed by atoms with Gasteiger partial charge >= 0.3 is 0 Å². The zero-order valence-electron chi connectivity index (χ0n) is 10.2. The van der Waals surface area contributed by atoms with Gasteiger partial charge in [0.15, 0.2) is 0 Å². The van der Waals surface area contributed by atoms with Crippen molar-refractivity contribution in [3.63, 3.8) is 0 Å². The monoisotopic (exact) mass is 265 g/mol. The summed E-state index contributed by atoms with van der Waals surface area (Å²) in [6, 6.07) is 3.63. The van der Waals surface area contributed by atoms with Gasteiger partial charge < -0.3 is 10.7 Å². The largest absolute Gasteiger partial charge is 0.335 e. The Bertz CT molecular complexity index is 568. The number of nitrogen functional groups attached to an aromatic ring is 1. The van der Waals surface area contributed by atoms with Crippen LogP contribution in [0.15, 0.2) is 24.5 Å². The Kier molecular flexibility index (Phi) is 3.86. The lowest BCUT2D eigenvalue weighted by Crippen LogP contribution is -2.13. The smallest absolute Gasteiger partial charge is 0.149 e. The van der Waals surface area contributed by atoms with E-state index in [0.29, 0.717) is 23.6 Å². The molecule has 0 aliphatic heterocycles. The van der Waals surface area contributed by atoms with Gasteiger partial charge in [0.05, 0.1) is 0 Å². The summed E-state index contributed by atoms with van der Waals surface area (Å²) in [5.74, 6) is 4.68. The van der Waals surface area contributed by atoms with Crippen LogP contribution < -0.4 is 16.6 Å². The topological polar surface area (TPSA) is 75.9 Å². The molecule has 0 bridgehead atoms. The van der Waals surface area contributed by atoms with E-state index in [-0.39, 0.29) is 5.69 Å². The zero-order chi connectivity index (χ0) is 13.8. The molecule has 0 radical (unpaired) electrons. The predicted molar refractivity (Wildman–Crippen MR) is 68.9 cm³/mol. The molecule has 0 aliphatic carbocycles. The van der Waals surface area contributed by atoms with Gasteiger partial charge in [-0.05, 0) is 18.6 Å². The lowest BCUT2D eigenvalue weighted by atomic mass is 10.2. The standard InChI is InChI=1S/C12H13F2N5/c1-2-7-11(16-6-17-12(7)19-15)18-10-8(13)4-3-5-9(10)14/h3-6H,2,15H2,1H3,(H2,16,17,18,19). The minimum absolute atomic E-state index is 0.251. The minimum atomic E-state index is -0.692. The third-order valence-electron chi connectivity index (χ3n) is 2.64. The summed E-state index contributed by atoms with van der Waals surface area (Å²) in [7, 11) is 0. The van der Waals surface area contributed by atoms with Crippen LogP contribution in [0.1, 0.15) is 12.5 Å². The van der Waals surface area contributed by atoms with Crippen molar-refractivity contribution in [3.05, 3.63) is 41.7 Å². The molecule has 100 valence electrons. The van der Waals surface area contributed by atoms with Gasteiger partial charge in [-0.1, -0.05) is 13.0 Å². The number of nitrogens with two attached hydrogens (primary N) is 1. The van der Waals surface area contributed by atoms with Crippen molar-refractivity contribution in [1.82, 2.24) is 9.97 Å². The number of aromatic nitrogens is 2. The second-order valence-corrected chi connectivity index (χ2v) is 3.77. The van der Waals surface area contributed by atoms with E-state index in [1.165, 1.54) is 24.5 Å². The van der Waals surface area contributed by atoms with E-state index in [1.54, 1.807) is 0 Å². The Labute approximate surface area is 108 Å². The first kappa shape index (κ1) is 13.2. The molecule has 1 heterocycles. The molecular weight excluding hydrogens is 252 g/mol. The van der Waals surface area contributed by atoms with Gasteiger partial charge in [-0.3, -0.25) is 0 Å². The predicted octanol–water partition coefficient (Wildman–Crippen LogP) is 2.35. The molecule has 0 atom stereocenters. The van der Waals surface area contributed by atoms with Crippen molar-refractivity contribution in [2.24, 2.45) is 5.84 Å². The van der Waals surface area contributed by atoms with Gasteiger partial charge in [-0.25, -0.2) is 24.6 Å². The van der Waals surface area contributed by atoms with Crippen molar-refractivity contribution >= 4 is 17.3 Å². The Morgan fingerprint density at radius 2 is 1.79 bits per heavy atom. The number of nitrogens with one attached hydrogen (secondary N) is 2. The number of para-hydroxylation sites is 1. The highest BCUT2D eigenvalue weighted by Gasteiger charge is 2.13. The summed E-state index contributed by atoms with van der Waals surface area (Å²) in [5, 5.41) is 2.64. The first-order valence-electron chi connectivity index (χ1n) is 5.68. The van der Waals surface area contributed by atoms with Crippen LogP contribution in [0.4, 0.5) is 26.1 Å². The van der Waals surface area contributed by atoms with E-state index in [9.17, 15) is 8.78 Å². The molecule has 7 heteroatoms. The fourth-order valence-electron chi connectivity index (χ4n) is 1.71. The van der Waals surface area contributed by atoms with Gasteiger partial charge in [0.1, 0.15) is 35.3 Å². The summed E-state index contributed by atoms with van der Waals surface area (Å²) in [4.78, 5) is 7.92. The molecule has 0 amide bonds. The number of nitrogens with zero attached hydrogens (tertiary/aromatic N) is 2. The van der Waals surface area contributed by atoms with Crippen LogP contribution in [0.3, 0.4) is 0 Å². The molecule has 0 saturated carbocycles. The Balaban J connectivity index is 2.44. The normalized spacial score (nSPS) is 10.3. The fourth-order valence-corrected chi connectivity index (χ4v) is 1.71. The molecule has 0 saturated heterocycles. The molecule has 5 nitrogen and oxygen atoms in total. The van der Waals surface area contributed by atoms with Crippen LogP contribution in [-0.4, -0.2) is 9.97 Å². The Hall–Kier alpha value is -2.28. The summed E-state index contributed by atoms with van der Waals surface area (Å²) in [6.45, 7) is 1.86. The maximum Gasteiger partial charge on any atom is 0.149 e. The van der Waals surface area contributed by atoms with E-state index < -0.39 is 11.6 Å². The van der Waals surface area contributed by atoms with Crippen LogP contribution in [0, 0.1) is 11.6 Å². The highest BCUT2D eigenvalue weighted by atomic mass is 19.1. The number of anilines is 3. The van der Waals surface area contributed by atoms with Crippen molar-refractivity contribution < 1.29 is 8.78 Å². The Morgan fingerprint density at radius 1 is 1.16 bits per heavy atom. The molecule has 0 aliphatic rings. The van der Waals surface area contributed by atoms with Crippen LogP contribution in [-0.2, 0) is 6.42 Å². The van der Waals surface area contributed by atoms with Crippen LogP contribution >= 0.6 is 0 Å². The molecule has 1 aromatic carbocycles. The van der Waals surface area contributed by atoms with Crippen molar-refractivity contribution in [2.75, 3.05) is 10.7 Å². The number of hydrogen-bond acceptors (Lipinski definition) is 5. The lowest BCUT2D eigenvalue weighted by molar-refractivity contribution is 0.590. The summed E-state index contributed by atoms with van der Waals surface area (Å²) < 4.78 is 27.1. The molecule has 4 N–H and O–H groups in total. The van der Waals surface area contributed by atoms with E-state index in [0.717, 1.165) is 0 Å². The van der Waals surface area contributed by atoms with Crippen LogP contribution in [0.5, 0.6) is 0 Å². The van der Waals surface area contributed by atoms with E-state index in [2.05, 4.69) is 20.7 Å². The van der Waals surface area contributed by atoms with Crippen molar-refractivity contribution in [1.29, 1.82) is 0 Å². The average Bonchev–Trinajstić information content (AvgIpc) is 2.42. The van der Waals surface area contributed by atoms with Gasteiger partial charge in [-0.15, -0.1) is 0 Å². The van der Waals surface area contributed by atoms with Crippen molar-refractivity contribution in [3.8, 4) is 0 Å². The highest BCUT2D eigenvalue weighted by molar-refractivity contribution is 5.65. The maximum absolute atomic E-state index is 13.6. The molecule has 19 heavy (non-hydrogen) atoms. The number of benzene rings is 1. The number of halogens is 2. The van der Waals surface area contributed by atoms with Crippen molar-refractivity contribution in [2.45, 2.75) is 13.3 Å². The molecular formula is C12H13F2N5. The first-order chi connectivity index (χ1) is 9.17. The second kappa shape index (κ2) is 5.57. The third kappa shape index (κ3) is 2.60. The van der Waals surface area contributed by atoms with E-state index in [4.69, 9.17) is 5.84 Å². The van der Waals surface area contributed by atoms with Gasteiger partial charge in [0.2, 0.25) is 0 Å². The molecule has 0 fully saturated rings. The molecule has 0 unspecified atom stereocenters. The summed E-state index contributed by atoms with van der Waals surface area (Å²) in [5.41, 5.74) is 2.82. The van der Waals surface area contributed by atoms with E-state index in [1.807, 2.05) is 6.92 Å². The SMILES string of the molecule is CCc1c(NN)ncnc1Nc1c(F)cccc1F. The number of hydrogen-bond donors (Lipinski definition) is 3. The van der Waals surface area contributed by atoms with Gasteiger partial charge in [-0.2, -0.15) is 0 Å². The van der Waals surface area contributed by atoms with Crippen LogP contribution in [0.25, 0.3) is 0 Å². The van der Waals surface area contributed by atoms with Gasteiger partial charge in [0, 0.05) is 5.56 Å². The van der Waals surface area contributed by atoms with Crippen LogP contribution in [0.2, 0.25) is 0 Å². The summed E-state index contributed by atoms with van der Waals surface area (Å²) >= 11 is 0. The molecule has 2 aromatic rings. The highest BCUT2D eigenvalue weighted by Crippen LogP contribution is 2.26. The maximum atomic E-state index is 13.6. The molecule has 1 aromatic heterocycles. The lowest BCUT2D eigenvalue weighted by Gasteiger charge is -2.13. The average molecular weight is 265 g/mol. The quantitative estimate of drug-likeness (QED) is 0.584. The zero-order valence-corrected chi connectivity index (χ0v) is 10.2. The molecule has 2 rings (SSSR count).